The Morgan fingerprint density at radius 3 is 2.67 bits per heavy atom. The van der Waals surface area contributed by atoms with E-state index in [4.69, 9.17) is 0 Å². The number of nitrogens with zero attached hydrogens (tertiary/aromatic N) is 1. The number of hydrogen-bond acceptors (Lipinski definition) is 4. The Balaban J connectivity index is 1.96. The Labute approximate surface area is 125 Å². The zero-order chi connectivity index (χ0) is 15.5. The first-order valence-electron chi connectivity index (χ1n) is 7.09. The molecule has 0 spiro atoms. The van der Waals surface area contributed by atoms with Crippen LogP contribution in [-0.4, -0.2) is 43.0 Å². The molecule has 6 heteroatoms. The molecule has 21 heavy (non-hydrogen) atoms. The quantitative estimate of drug-likeness (QED) is 0.891. The lowest BCUT2D eigenvalue weighted by Crippen LogP contribution is -2.40. The van der Waals surface area contributed by atoms with Gasteiger partial charge in [-0.15, -0.1) is 0 Å². The molecule has 1 heterocycles. The largest absolute Gasteiger partial charge is 0.381 e. The number of hydrogen-bond donors (Lipinski definition) is 1. The third-order valence-corrected chi connectivity index (χ3v) is 5.13. The van der Waals surface area contributed by atoms with E-state index >= 15 is 0 Å². The van der Waals surface area contributed by atoms with Gasteiger partial charge < -0.3 is 5.11 Å². The van der Waals surface area contributed by atoms with Gasteiger partial charge in [-0.3, -0.25) is 4.79 Å². The Bertz CT molecular complexity index is 585. The van der Waals surface area contributed by atoms with Gasteiger partial charge in [0.05, 0.1) is 6.26 Å². The predicted octanol–water partition coefficient (Wildman–Crippen LogP) is 1.35. The maximum Gasteiger partial charge on any atom is 0.211 e. The van der Waals surface area contributed by atoms with Crippen LogP contribution in [0.1, 0.15) is 30.9 Å². The second-order valence-electron chi connectivity index (χ2n) is 5.61. The summed E-state index contributed by atoms with van der Waals surface area (Å²) in [5.41, 5.74) is 0.582. The van der Waals surface area contributed by atoms with Crippen molar-refractivity contribution < 1.29 is 18.3 Å². The third-order valence-electron chi connectivity index (χ3n) is 3.86. The van der Waals surface area contributed by atoms with E-state index in [-0.39, 0.29) is 18.1 Å². The zero-order valence-corrected chi connectivity index (χ0v) is 12.9. The summed E-state index contributed by atoms with van der Waals surface area (Å²) in [4.78, 5) is 12.2. The lowest BCUT2D eigenvalue weighted by atomic mass is 9.91. The van der Waals surface area contributed by atoms with Crippen molar-refractivity contribution in [3.8, 4) is 0 Å². The van der Waals surface area contributed by atoms with Gasteiger partial charge in [0.15, 0.2) is 5.78 Å². The lowest BCUT2D eigenvalue weighted by Gasteiger charge is -2.30. The van der Waals surface area contributed by atoms with E-state index in [9.17, 15) is 18.3 Å². The highest BCUT2D eigenvalue weighted by atomic mass is 32.2. The molecule has 0 bridgehead atoms. The maximum absolute atomic E-state index is 12.2. The fraction of sp³-hybridized carbons (Fsp3) is 0.533. The van der Waals surface area contributed by atoms with E-state index in [0.29, 0.717) is 18.7 Å². The van der Waals surface area contributed by atoms with Crippen LogP contribution in [0.4, 0.5) is 0 Å². The monoisotopic (exact) mass is 311 g/mol. The summed E-state index contributed by atoms with van der Waals surface area (Å²) in [7, 11) is -3.21. The second kappa shape index (κ2) is 6.68. The molecule has 1 saturated heterocycles. The fourth-order valence-corrected chi connectivity index (χ4v) is 3.65. The molecule has 0 amide bonds. The lowest BCUT2D eigenvalue weighted by molar-refractivity contribution is -0.128. The predicted molar refractivity (Wildman–Crippen MR) is 80.2 cm³/mol. The van der Waals surface area contributed by atoms with Gasteiger partial charge in [-0.05, 0) is 24.3 Å². The van der Waals surface area contributed by atoms with Crippen LogP contribution >= 0.6 is 0 Å². The van der Waals surface area contributed by atoms with Crippen LogP contribution in [0.5, 0.6) is 0 Å². The minimum Gasteiger partial charge on any atom is -0.381 e. The average molecular weight is 311 g/mol. The molecule has 1 aliphatic rings. The van der Waals surface area contributed by atoms with E-state index < -0.39 is 16.1 Å². The maximum atomic E-state index is 12.2. The van der Waals surface area contributed by atoms with E-state index in [1.807, 2.05) is 6.07 Å². The van der Waals surface area contributed by atoms with Crippen LogP contribution in [0.2, 0.25) is 0 Å². The summed E-state index contributed by atoms with van der Waals surface area (Å²) < 4.78 is 24.5. The summed E-state index contributed by atoms with van der Waals surface area (Å²) >= 11 is 0. The zero-order valence-electron chi connectivity index (χ0n) is 12.1. The summed E-state index contributed by atoms with van der Waals surface area (Å²) in [5.74, 6) is -0.263. The first-order chi connectivity index (χ1) is 9.88. The molecule has 1 aromatic carbocycles. The van der Waals surface area contributed by atoms with Crippen LogP contribution in [-0.2, 0) is 14.8 Å². The highest BCUT2D eigenvalue weighted by Crippen LogP contribution is 2.25. The fourth-order valence-electron chi connectivity index (χ4n) is 2.71. The van der Waals surface area contributed by atoms with Gasteiger partial charge in [0, 0.05) is 19.5 Å². The molecule has 2 unspecified atom stereocenters. The second-order valence-corrected chi connectivity index (χ2v) is 7.60. The number of carbonyl (C=O) groups excluding carboxylic acids is 1. The van der Waals surface area contributed by atoms with Crippen LogP contribution in [0.3, 0.4) is 0 Å². The number of benzene rings is 1. The Hall–Kier alpha value is -1.24. The molecule has 0 aromatic heterocycles. The Morgan fingerprint density at radius 2 is 2.05 bits per heavy atom. The van der Waals surface area contributed by atoms with Crippen molar-refractivity contribution in [1.82, 2.24) is 4.31 Å². The van der Waals surface area contributed by atoms with Gasteiger partial charge in [0.1, 0.15) is 6.10 Å². The van der Waals surface area contributed by atoms with Gasteiger partial charge in [0.2, 0.25) is 10.0 Å². The number of rotatable bonds is 5. The normalized spacial score (nSPS) is 21.9. The van der Waals surface area contributed by atoms with E-state index in [0.717, 1.165) is 12.8 Å². The molecular weight excluding hydrogens is 290 g/mol. The van der Waals surface area contributed by atoms with Gasteiger partial charge >= 0.3 is 0 Å². The highest BCUT2D eigenvalue weighted by molar-refractivity contribution is 7.88. The molecular formula is C15H21NO4S. The first-order valence-corrected chi connectivity index (χ1v) is 8.93. The number of aliphatic hydroxyl groups excluding tert-OH is 1. The number of ketones is 1. The highest BCUT2D eigenvalue weighted by Gasteiger charge is 2.29. The smallest absolute Gasteiger partial charge is 0.211 e. The first kappa shape index (κ1) is 16.1. The van der Waals surface area contributed by atoms with Gasteiger partial charge in [0.25, 0.3) is 0 Å². The number of aliphatic hydroxyl groups is 1. The van der Waals surface area contributed by atoms with Crippen LogP contribution in [0.15, 0.2) is 30.3 Å². The van der Waals surface area contributed by atoms with Gasteiger partial charge in [-0.1, -0.05) is 30.3 Å². The molecule has 1 fully saturated rings. The van der Waals surface area contributed by atoms with Crippen LogP contribution in [0, 0.1) is 5.92 Å². The van der Waals surface area contributed by atoms with Gasteiger partial charge in [-0.25, -0.2) is 12.7 Å². The van der Waals surface area contributed by atoms with Crippen molar-refractivity contribution >= 4 is 15.8 Å². The topological polar surface area (TPSA) is 74.7 Å². The summed E-state index contributed by atoms with van der Waals surface area (Å²) in [5, 5.41) is 10.1. The van der Waals surface area contributed by atoms with Crippen LogP contribution in [0.25, 0.3) is 0 Å². The minimum atomic E-state index is -3.21. The van der Waals surface area contributed by atoms with Crippen molar-refractivity contribution in [3.63, 3.8) is 0 Å². The van der Waals surface area contributed by atoms with Crippen molar-refractivity contribution in [1.29, 1.82) is 0 Å². The Kier molecular flexibility index (Phi) is 5.13. The summed E-state index contributed by atoms with van der Waals surface area (Å²) in [6.07, 6.45) is 1.85. The van der Waals surface area contributed by atoms with Crippen molar-refractivity contribution in [3.05, 3.63) is 35.9 Å². The molecule has 1 aromatic rings. The van der Waals surface area contributed by atoms with Crippen molar-refractivity contribution in [2.45, 2.75) is 25.4 Å². The van der Waals surface area contributed by atoms with E-state index in [1.165, 1.54) is 10.6 Å². The van der Waals surface area contributed by atoms with E-state index in [1.54, 1.807) is 24.3 Å². The van der Waals surface area contributed by atoms with Gasteiger partial charge in [-0.2, -0.15) is 0 Å². The average Bonchev–Trinajstić information content (AvgIpc) is 2.47. The minimum absolute atomic E-state index is 0.0145. The molecule has 1 aliphatic heterocycles. The summed E-state index contributed by atoms with van der Waals surface area (Å²) in [6.45, 7) is 0.886. The summed E-state index contributed by atoms with van der Waals surface area (Å²) in [6, 6.07) is 8.81. The van der Waals surface area contributed by atoms with Crippen LogP contribution < -0.4 is 0 Å². The Morgan fingerprint density at radius 1 is 1.38 bits per heavy atom. The molecule has 1 N–H and O–H groups in total. The van der Waals surface area contributed by atoms with Crippen molar-refractivity contribution in [2.75, 3.05) is 19.3 Å². The molecule has 5 nitrogen and oxygen atoms in total. The number of Topliss-reactive ketones (excluding diaryl/α,β-unsaturated/α-hetero) is 1. The molecule has 0 radical (unpaired) electrons. The molecule has 0 aliphatic carbocycles. The van der Waals surface area contributed by atoms with E-state index in [2.05, 4.69) is 0 Å². The molecule has 2 atom stereocenters. The molecule has 0 saturated carbocycles. The third kappa shape index (κ3) is 4.36. The number of carbonyl (C=O) groups is 1. The molecule has 116 valence electrons. The number of sulfonamides is 1. The van der Waals surface area contributed by atoms with Crippen molar-refractivity contribution in [2.24, 2.45) is 5.92 Å². The molecule has 2 rings (SSSR count). The SMILES string of the molecule is CS(=O)(=O)N1CCCC(CC(=O)C(O)c2ccccc2)C1. The number of piperidine rings is 1. The standard InChI is InChI=1S/C15H21NO4S/c1-21(19,20)16-9-5-6-12(11-16)10-14(17)15(18)13-7-3-2-4-8-13/h2-4,7-8,12,15,18H,5-6,9-11H2,1H3.